The van der Waals surface area contributed by atoms with Crippen LogP contribution in [0.4, 0.5) is 11.5 Å². The Morgan fingerprint density at radius 2 is 1.94 bits per heavy atom. The van der Waals surface area contributed by atoms with Crippen molar-refractivity contribution < 1.29 is 9.90 Å². The lowest BCUT2D eigenvalue weighted by molar-refractivity contribution is 0.0697. The topological polar surface area (TPSA) is 62.2 Å². The number of hydrogen-bond donors (Lipinski definition) is 2. The summed E-state index contributed by atoms with van der Waals surface area (Å²) in [7, 11) is 0. The molecule has 2 aromatic rings. The number of rotatable bonds is 3. The van der Waals surface area contributed by atoms with Gasteiger partial charge in [-0.25, -0.2) is 9.78 Å². The Kier molecular flexibility index (Phi) is 3.25. The van der Waals surface area contributed by atoms with Crippen molar-refractivity contribution in [3.05, 3.63) is 53.2 Å². The molecule has 0 radical (unpaired) electrons. The molecular weight excluding hydrogens is 240 g/mol. The summed E-state index contributed by atoms with van der Waals surface area (Å²) in [6, 6.07) is 9.81. The first-order chi connectivity index (χ1) is 8.16. The van der Waals surface area contributed by atoms with Crippen LogP contribution >= 0.6 is 11.6 Å². The second kappa shape index (κ2) is 4.84. The van der Waals surface area contributed by atoms with Crippen LogP contribution in [0.2, 0.25) is 5.02 Å². The summed E-state index contributed by atoms with van der Waals surface area (Å²) in [5.41, 5.74) is 0.971. The molecule has 0 fully saturated rings. The number of aromatic nitrogens is 1. The average Bonchev–Trinajstić information content (AvgIpc) is 2.33. The maximum atomic E-state index is 10.7. The molecule has 0 atom stereocenters. The number of aromatic carboxylic acids is 1. The number of halogens is 1. The highest BCUT2D eigenvalue weighted by Crippen LogP contribution is 2.22. The van der Waals surface area contributed by atoms with Crippen LogP contribution in [-0.4, -0.2) is 16.1 Å². The van der Waals surface area contributed by atoms with Crippen molar-refractivity contribution in [1.29, 1.82) is 0 Å². The van der Waals surface area contributed by atoms with Gasteiger partial charge in [0, 0.05) is 11.9 Å². The number of carboxylic acids is 1. The lowest BCUT2D eigenvalue weighted by Gasteiger charge is -2.06. The van der Waals surface area contributed by atoms with E-state index in [0.717, 1.165) is 5.69 Å². The Morgan fingerprint density at radius 3 is 2.53 bits per heavy atom. The summed E-state index contributed by atoms with van der Waals surface area (Å²) in [5.74, 6) is -0.412. The van der Waals surface area contributed by atoms with Crippen LogP contribution < -0.4 is 5.32 Å². The number of anilines is 2. The number of nitrogens with zero attached hydrogens (tertiary/aromatic N) is 1. The molecule has 1 heterocycles. The molecule has 5 heteroatoms. The Bertz CT molecular complexity index is 540. The fourth-order valence-electron chi connectivity index (χ4n) is 1.31. The molecule has 0 aliphatic heterocycles. The Balaban J connectivity index is 2.20. The largest absolute Gasteiger partial charge is 0.478 e. The Hall–Kier alpha value is -2.07. The molecule has 0 saturated heterocycles. The molecular formula is C12H9ClN2O2. The first-order valence-corrected chi connectivity index (χ1v) is 5.25. The third kappa shape index (κ3) is 2.73. The molecule has 0 unspecified atom stereocenters. The molecule has 2 rings (SSSR count). The molecule has 2 N–H and O–H groups in total. The Labute approximate surface area is 103 Å². The molecule has 0 aliphatic carbocycles. The number of pyridine rings is 1. The molecule has 17 heavy (non-hydrogen) atoms. The van der Waals surface area contributed by atoms with Gasteiger partial charge < -0.3 is 10.4 Å². The molecule has 1 aromatic carbocycles. The molecule has 0 aliphatic rings. The number of hydrogen-bond acceptors (Lipinski definition) is 3. The van der Waals surface area contributed by atoms with Crippen molar-refractivity contribution in [3.8, 4) is 0 Å². The summed E-state index contributed by atoms with van der Waals surface area (Å²) in [6.45, 7) is 0. The first-order valence-electron chi connectivity index (χ1n) is 4.88. The summed E-state index contributed by atoms with van der Waals surface area (Å²) >= 11 is 5.94. The van der Waals surface area contributed by atoms with Crippen LogP contribution in [0.15, 0.2) is 42.6 Å². The van der Waals surface area contributed by atoms with Gasteiger partial charge in [-0.3, -0.25) is 0 Å². The van der Waals surface area contributed by atoms with Gasteiger partial charge in [-0.15, -0.1) is 0 Å². The second-order valence-corrected chi connectivity index (χ2v) is 3.75. The minimum absolute atomic E-state index is 0.239. The predicted molar refractivity (Wildman–Crippen MR) is 65.9 cm³/mol. The van der Waals surface area contributed by atoms with E-state index in [9.17, 15) is 4.79 Å². The molecule has 0 saturated carbocycles. The fourth-order valence-corrected chi connectivity index (χ4v) is 1.48. The van der Waals surface area contributed by atoms with Gasteiger partial charge in [-0.05, 0) is 36.4 Å². The van der Waals surface area contributed by atoms with Gasteiger partial charge in [0.25, 0.3) is 0 Å². The smallest absolute Gasteiger partial charge is 0.335 e. The van der Waals surface area contributed by atoms with Crippen LogP contribution in [0.25, 0.3) is 0 Å². The zero-order valence-electron chi connectivity index (χ0n) is 8.72. The van der Waals surface area contributed by atoms with Crippen LogP contribution in [0, 0.1) is 0 Å². The monoisotopic (exact) mass is 248 g/mol. The van der Waals surface area contributed by atoms with Gasteiger partial charge >= 0.3 is 5.97 Å². The minimum atomic E-state index is -0.951. The lowest BCUT2D eigenvalue weighted by atomic mass is 10.2. The highest BCUT2D eigenvalue weighted by atomic mass is 35.5. The van der Waals surface area contributed by atoms with E-state index in [0.29, 0.717) is 10.8 Å². The molecule has 86 valence electrons. The molecule has 1 aromatic heterocycles. The summed E-state index contributed by atoms with van der Waals surface area (Å²) in [4.78, 5) is 14.7. The highest BCUT2D eigenvalue weighted by Gasteiger charge is 2.03. The van der Waals surface area contributed by atoms with E-state index in [2.05, 4.69) is 10.3 Å². The maximum absolute atomic E-state index is 10.7. The Morgan fingerprint density at radius 1 is 1.24 bits per heavy atom. The number of nitrogens with one attached hydrogen (secondary N) is 1. The van der Waals surface area contributed by atoms with E-state index in [4.69, 9.17) is 16.7 Å². The van der Waals surface area contributed by atoms with E-state index in [1.807, 2.05) is 0 Å². The van der Waals surface area contributed by atoms with E-state index in [-0.39, 0.29) is 5.56 Å². The predicted octanol–water partition coefficient (Wildman–Crippen LogP) is 3.18. The number of carbonyl (C=O) groups is 1. The van der Waals surface area contributed by atoms with Gasteiger partial charge in [0.1, 0.15) is 5.82 Å². The van der Waals surface area contributed by atoms with Gasteiger partial charge in [-0.2, -0.15) is 0 Å². The first kappa shape index (κ1) is 11.4. The summed E-state index contributed by atoms with van der Waals surface area (Å²) < 4.78 is 0. The molecule has 0 bridgehead atoms. The van der Waals surface area contributed by atoms with E-state index in [1.54, 1.807) is 30.5 Å². The maximum Gasteiger partial charge on any atom is 0.335 e. The van der Waals surface area contributed by atoms with Gasteiger partial charge in [0.2, 0.25) is 0 Å². The third-order valence-corrected chi connectivity index (χ3v) is 2.46. The summed E-state index contributed by atoms with van der Waals surface area (Å²) in [5, 5.41) is 12.3. The second-order valence-electron chi connectivity index (χ2n) is 3.34. The third-order valence-electron chi connectivity index (χ3n) is 2.15. The summed E-state index contributed by atoms with van der Waals surface area (Å²) in [6.07, 6.45) is 1.62. The van der Waals surface area contributed by atoms with Crippen molar-refractivity contribution in [2.75, 3.05) is 5.32 Å². The lowest BCUT2D eigenvalue weighted by Crippen LogP contribution is -1.97. The van der Waals surface area contributed by atoms with Gasteiger partial charge in [0.05, 0.1) is 10.6 Å². The van der Waals surface area contributed by atoms with Crippen LogP contribution in [-0.2, 0) is 0 Å². The molecule has 0 spiro atoms. The average molecular weight is 249 g/mol. The van der Waals surface area contributed by atoms with Crippen molar-refractivity contribution in [2.24, 2.45) is 0 Å². The van der Waals surface area contributed by atoms with E-state index >= 15 is 0 Å². The minimum Gasteiger partial charge on any atom is -0.478 e. The normalized spacial score (nSPS) is 9.94. The van der Waals surface area contributed by atoms with Gasteiger partial charge in [-0.1, -0.05) is 11.6 Å². The molecule has 0 amide bonds. The highest BCUT2D eigenvalue weighted by molar-refractivity contribution is 6.33. The van der Waals surface area contributed by atoms with Crippen molar-refractivity contribution in [3.63, 3.8) is 0 Å². The van der Waals surface area contributed by atoms with Crippen molar-refractivity contribution in [1.82, 2.24) is 4.98 Å². The van der Waals surface area contributed by atoms with E-state index < -0.39 is 5.97 Å². The SMILES string of the molecule is O=C(O)c1ccc(Nc2ncccc2Cl)cc1. The van der Waals surface area contributed by atoms with Crippen molar-refractivity contribution in [2.45, 2.75) is 0 Å². The number of benzene rings is 1. The van der Waals surface area contributed by atoms with Gasteiger partial charge in [0.15, 0.2) is 0 Å². The molecule has 4 nitrogen and oxygen atoms in total. The number of carboxylic acid groups (broad SMARTS) is 1. The zero-order chi connectivity index (χ0) is 12.3. The fraction of sp³-hybridized carbons (Fsp3) is 0. The zero-order valence-corrected chi connectivity index (χ0v) is 9.48. The van der Waals surface area contributed by atoms with E-state index in [1.165, 1.54) is 12.1 Å². The standard InChI is InChI=1S/C12H9ClN2O2/c13-10-2-1-7-14-11(10)15-9-5-3-8(4-6-9)12(16)17/h1-7H,(H,14,15)(H,16,17). The van der Waals surface area contributed by atoms with Crippen LogP contribution in [0.5, 0.6) is 0 Å². The van der Waals surface area contributed by atoms with Crippen LogP contribution in [0.1, 0.15) is 10.4 Å². The quantitative estimate of drug-likeness (QED) is 0.876. The van der Waals surface area contributed by atoms with Crippen molar-refractivity contribution >= 4 is 29.1 Å². The van der Waals surface area contributed by atoms with Crippen LogP contribution in [0.3, 0.4) is 0 Å².